The number of nitrogens with one attached hydrogen (secondary N) is 3. The van der Waals surface area contributed by atoms with E-state index in [0.717, 1.165) is 68.0 Å². The third kappa shape index (κ3) is 9.09. The molecule has 6 aromatic rings. The summed E-state index contributed by atoms with van der Waals surface area (Å²) in [5.41, 5.74) is 6.08. The number of nitrogens with zero attached hydrogens (tertiary/aromatic N) is 4. The summed E-state index contributed by atoms with van der Waals surface area (Å²) in [6.45, 7) is 4.85. The zero-order valence-electron chi connectivity index (χ0n) is 36.4. The number of imide groups is 2. The summed E-state index contributed by atoms with van der Waals surface area (Å²) in [7, 11) is 2.88. The number of anilines is 1. The second-order valence-electron chi connectivity index (χ2n) is 15.8. The van der Waals surface area contributed by atoms with Crippen molar-refractivity contribution in [3.8, 4) is 16.9 Å². The lowest BCUT2D eigenvalue weighted by Crippen LogP contribution is -2.54. The first kappa shape index (κ1) is 46.1. The van der Waals surface area contributed by atoms with Gasteiger partial charge in [-0.15, -0.1) is 0 Å². The van der Waals surface area contributed by atoms with Crippen molar-refractivity contribution < 1.29 is 43.0 Å². The fraction of sp³-hybridized carbons (Fsp3) is 0.312. The lowest BCUT2D eigenvalue weighted by Gasteiger charge is -2.27. The Bertz CT molecular complexity index is 2870. The van der Waals surface area contributed by atoms with Crippen LogP contribution in [0.1, 0.15) is 80.3 Å². The normalized spacial score (nSPS) is 14.6. The molecule has 2 aliphatic rings. The number of aliphatic hydroxyl groups is 1. The highest BCUT2D eigenvalue weighted by molar-refractivity contribution is 6.35. The number of carbonyl (C=O) groups is 6. The number of piperidine rings is 1. The Kier molecular flexibility index (Phi) is 14.1. The predicted octanol–water partition coefficient (Wildman–Crippen LogP) is 6.45. The van der Waals surface area contributed by atoms with Gasteiger partial charge in [-0.2, -0.15) is 5.10 Å². The van der Waals surface area contributed by atoms with Crippen molar-refractivity contribution in [1.29, 1.82) is 0 Å². The molecule has 1 atom stereocenters. The highest BCUT2D eigenvalue weighted by atomic mass is 35.5. The standard InChI is InChI=1S/C47H45ClFN7O7.CH4O/c1-26-41(27(2)54(3)53-26)43-34(48)17-16-32-31(11-8-22-63-38-13-6-9-28-23-29(49)14-15-30(28)38)37(25-57)55(44(32)43)21-5-4-20-50-40(59)24-51-35-12-7-10-33-42(35)47(62)56(46(33)61)36-18-19-39(58)52-45(36)60;1-2/h6-7,9-10,12-17,23,25,36,51H,4-5,8,11,18-22,24H2,1-3H3,(H,50,59)(H,52,58,60);2H,1H3. The monoisotopic (exact) mass is 905 g/mol. The summed E-state index contributed by atoms with van der Waals surface area (Å²) in [6, 6.07) is 17.5. The molecule has 15 nitrogen and oxygen atoms in total. The number of unbranched alkanes of at least 4 members (excludes halogenated alkanes) is 1. The molecule has 4 N–H and O–H groups in total. The maximum Gasteiger partial charge on any atom is 0.264 e. The number of aldehydes is 1. The summed E-state index contributed by atoms with van der Waals surface area (Å²) in [4.78, 5) is 77.8. The summed E-state index contributed by atoms with van der Waals surface area (Å²) in [5, 5.41) is 22.7. The molecule has 1 saturated heterocycles. The van der Waals surface area contributed by atoms with Crippen LogP contribution in [0, 0.1) is 19.7 Å². The zero-order chi connectivity index (χ0) is 46.5. The number of halogens is 2. The number of aliphatic hydroxyl groups excluding tert-OH is 1. The topological polar surface area (TPSA) is 194 Å². The van der Waals surface area contributed by atoms with Crippen molar-refractivity contribution in [2.45, 2.75) is 65.0 Å². The van der Waals surface area contributed by atoms with Gasteiger partial charge in [-0.05, 0) is 99.4 Å². The van der Waals surface area contributed by atoms with Gasteiger partial charge in [0.05, 0.1) is 46.2 Å². The molecule has 0 spiro atoms. The number of rotatable bonds is 16. The number of aromatic nitrogens is 3. The van der Waals surface area contributed by atoms with Gasteiger partial charge < -0.3 is 25.0 Å². The van der Waals surface area contributed by atoms with Crippen LogP contribution in [0.2, 0.25) is 5.02 Å². The molecule has 0 radical (unpaired) electrons. The maximum absolute atomic E-state index is 13.9. The molecule has 1 unspecified atom stereocenters. The Morgan fingerprint density at radius 2 is 1.74 bits per heavy atom. The second kappa shape index (κ2) is 19.9. The Balaban J connectivity index is 0.00000311. The lowest BCUT2D eigenvalue weighted by atomic mass is 9.98. The predicted molar refractivity (Wildman–Crippen MR) is 244 cm³/mol. The van der Waals surface area contributed by atoms with E-state index < -0.39 is 29.7 Å². The first-order chi connectivity index (χ1) is 31.4. The highest BCUT2D eigenvalue weighted by Gasteiger charge is 2.45. The van der Waals surface area contributed by atoms with E-state index in [4.69, 9.17) is 21.4 Å². The van der Waals surface area contributed by atoms with Crippen LogP contribution in [0.4, 0.5) is 10.1 Å². The molecule has 8 rings (SSSR count). The van der Waals surface area contributed by atoms with Crippen molar-refractivity contribution in [1.82, 2.24) is 29.9 Å². The number of carbonyl (C=O) groups excluding carboxylic acids is 6. The quantitative estimate of drug-likeness (QED) is 0.0477. The fourth-order valence-electron chi connectivity index (χ4n) is 8.82. The average molecular weight is 906 g/mol. The molecular weight excluding hydrogens is 857 g/mol. The third-order valence-electron chi connectivity index (χ3n) is 11.9. The van der Waals surface area contributed by atoms with Gasteiger partial charge in [0.25, 0.3) is 11.8 Å². The fourth-order valence-corrected chi connectivity index (χ4v) is 9.07. The number of aryl methyl sites for hydroxylation is 4. The number of amides is 5. The van der Waals surface area contributed by atoms with E-state index in [0.29, 0.717) is 61.8 Å². The van der Waals surface area contributed by atoms with Crippen molar-refractivity contribution >= 4 is 74.8 Å². The van der Waals surface area contributed by atoms with Crippen LogP contribution in [-0.4, -0.2) is 93.0 Å². The van der Waals surface area contributed by atoms with Crippen LogP contribution in [0.25, 0.3) is 32.8 Å². The Labute approximate surface area is 378 Å². The molecule has 65 heavy (non-hydrogen) atoms. The first-order valence-electron chi connectivity index (χ1n) is 21.3. The first-order valence-corrected chi connectivity index (χ1v) is 21.7. The molecule has 338 valence electrons. The summed E-state index contributed by atoms with van der Waals surface area (Å²) >= 11 is 7.01. The van der Waals surface area contributed by atoms with Crippen molar-refractivity contribution in [2.75, 3.05) is 32.1 Å². The number of hydrogen-bond acceptors (Lipinski definition) is 10. The van der Waals surface area contributed by atoms with E-state index in [9.17, 15) is 33.2 Å². The van der Waals surface area contributed by atoms with E-state index in [-0.39, 0.29) is 47.9 Å². The van der Waals surface area contributed by atoms with E-state index in [2.05, 4.69) is 21.0 Å². The van der Waals surface area contributed by atoms with Gasteiger partial charge in [-0.1, -0.05) is 35.9 Å². The smallest absolute Gasteiger partial charge is 0.264 e. The molecule has 0 saturated carbocycles. The molecule has 0 aliphatic carbocycles. The van der Waals surface area contributed by atoms with E-state index in [1.165, 1.54) is 18.2 Å². The van der Waals surface area contributed by atoms with Gasteiger partial charge in [0.15, 0.2) is 6.29 Å². The van der Waals surface area contributed by atoms with Gasteiger partial charge in [-0.25, -0.2) is 4.39 Å². The Morgan fingerprint density at radius 1 is 0.969 bits per heavy atom. The van der Waals surface area contributed by atoms with Crippen molar-refractivity contribution in [3.63, 3.8) is 0 Å². The van der Waals surface area contributed by atoms with Crippen LogP contribution in [0.5, 0.6) is 5.75 Å². The second-order valence-corrected chi connectivity index (χ2v) is 16.2. The summed E-state index contributed by atoms with van der Waals surface area (Å²) in [6.07, 6.45) is 3.21. The van der Waals surface area contributed by atoms with Gasteiger partial charge in [-0.3, -0.25) is 43.7 Å². The molecule has 0 bridgehead atoms. The number of fused-ring (bicyclic) bond motifs is 3. The van der Waals surface area contributed by atoms with Crippen molar-refractivity contribution in [3.05, 3.63) is 111 Å². The molecule has 4 aromatic carbocycles. The molecule has 5 amide bonds. The number of hydrogen-bond donors (Lipinski definition) is 4. The molecule has 1 fully saturated rings. The molecule has 17 heteroatoms. The lowest BCUT2D eigenvalue weighted by molar-refractivity contribution is -0.136. The molecule has 4 heterocycles. The highest BCUT2D eigenvalue weighted by Crippen LogP contribution is 2.42. The molecule has 2 aromatic heterocycles. The van der Waals surface area contributed by atoms with Crippen LogP contribution < -0.4 is 20.7 Å². The van der Waals surface area contributed by atoms with Gasteiger partial charge in [0.2, 0.25) is 17.7 Å². The zero-order valence-corrected chi connectivity index (χ0v) is 37.2. The van der Waals surface area contributed by atoms with Crippen LogP contribution in [0.3, 0.4) is 0 Å². The van der Waals surface area contributed by atoms with Crippen LogP contribution in [0.15, 0.2) is 66.7 Å². The minimum absolute atomic E-state index is 0.00618. The minimum atomic E-state index is -1.10. The van der Waals surface area contributed by atoms with Crippen molar-refractivity contribution in [2.24, 2.45) is 7.05 Å². The van der Waals surface area contributed by atoms with Crippen LogP contribution in [-0.2, 0) is 34.4 Å². The van der Waals surface area contributed by atoms with E-state index in [1.807, 2.05) is 60.5 Å². The van der Waals surface area contributed by atoms with Gasteiger partial charge in [0, 0.05) is 66.9 Å². The Hall–Kier alpha value is -6.91. The SMILES string of the molecule is CO.Cc1nn(C)c(C)c1-c1c(Cl)ccc2c(CCCOc3cccc4cc(F)ccc34)c(C=O)n(CCCCNC(=O)CNc3cccc4c3C(=O)N(C3CCC(=O)NC3=O)C4=O)c12. The third-order valence-corrected chi connectivity index (χ3v) is 12.2. The van der Waals surface area contributed by atoms with E-state index >= 15 is 0 Å². The summed E-state index contributed by atoms with van der Waals surface area (Å²) < 4.78 is 23.9. The molecule has 2 aliphatic heterocycles. The Morgan fingerprint density at radius 3 is 2.48 bits per heavy atom. The number of ether oxygens (including phenoxy) is 1. The largest absolute Gasteiger partial charge is 0.493 e. The van der Waals surface area contributed by atoms with E-state index in [1.54, 1.807) is 18.2 Å². The molecular formula is C48H49ClFN7O8. The summed E-state index contributed by atoms with van der Waals surface area (Å²) in [5.74, 6) is -2.48. The van der Waals surface area contributed by atoms with Gasteiger partial charge in [0.1, 0.15) is 17.6 Å². The van der Waals surface area contributed by atoms with Gasteiger partial charge >= 0.3 is 0 Å². The van der Waals surface area contributed by atoms with Crippen LogP contribution >= 0.6 is 11.6 Å². The minimum Gasteiger partial charge on any atom is -0.493 e. The average Bonchev–Trinajstić information content (AvgIpc) is 3.84. The number of benzene rings is 4. The maximum atomic E-state index is 13.9.